The number of benzene rings is 2. The zero-order valence-corrected chi connectivity index (χ0v) is 13.4. The maximum Gasteiger partial charge on any atom is 0.246 e. The Morgan fingerprint density at radius 3 is 2.65 bits per heavy atom. The van der Waals surface area contributed by atoms with Gasteiger partial charge in [0.25, 0.3) is 0 Å². The highest BCUT2D eigenvalue weighted by atomic mass is 35.5. The van der Waals surface area contributed by atoms with Crippen molar-refractivity contribution in [2.45, 2.75) is 13.0 Å². The topological polar surface area (TPSA) is 59.6 Å². The highest BCUT2D eigenvalue weighted by Crippen LogP contribution is 2.37. The van der Waals surface area contributed by atoms with Crippen molar-refractivity contribution in [3.05, 3.63) is 47.5 Å². The summed E-state index contributed by atoms with van der Waals surface area (Å²) in [5.41, 5.74) is 1.43. The number of para-hydroxylation sites is 1. The molecule has 1 aliphatic heterocycles. The van der Waals surface area contributed by atoms with E-state index in [1.165, 1.54) is 0 Å². The molecule has 3 rings (SSSR count). The van der Waals surface area contributed by atoms with Gasteiger partial charge in [-0.15, -0.1) is 0 Å². The van der Waals surface area contributed by atoms with Gasteiger partial charge in [-0.1, -0.05) is 17.7 Å². The fraction of sp³-hybridized carbons (Fsp3) is 0.235. The van der Waals surface area contributed by atoms with E-state index in [1.54, 1.807) is 31.2 Å². The minimum absolute atomic E-state index is 0.151. The Bertz CT molecular complexity index is 703. The van der Waals surface area contributed by atoms with E-state index in [-0.39, 0.29) is 5.91 Å². The third-order valence-corrected chi connectivity index (χ3v) is 3.70. The lowest BCUT2D eigenvalue weighted by Crippen LogP contribution is -2.32. The van der Waals surface area contributed by atoms with Crippen LogP contribution in [0.3, 0.4) is 0 Å². The van der Waals surface area contributed by atoms with Gasteiger partial charge in [0.15, 0.2) is 11.5 Å². The summed E-state index contributed by atoms with van der Waals surface area (Å²) in [5, 5.41) is 6.62. The van der Waals surface area contributed by atoms with Crippen molar-refractivity contribution in [2.24, 2.45) is 0 Å². The molecule has 1 heterocycles. The van der Waals surface area contributed by atoms with Crippen LogP contribution in [0.25, 0.3) is 0 Å². The van der Waals surface area contributed by atoms with Crippen LogP contribution < -0.4 is 20.1 Å². The van der Waals surface area contributed by atoms with Gasteiger partial charge in [-0.05, 0) is 43.3 Å². The van der Waals surface area contributed by atoms with E-state index in [1.807, 2.05) is 18.2 Å². The fourth-order valence-corrected chi connectivity index (χ4v) is 2.40. The second kappa shape index (κ2) is 6.79. The maximum absolute atomic E-state index is 12.3. The monoisotopic (exact) mass is 332 g/mol. The lowest BCUT2D eigenvalue weighted by molar-refractivity contribution is -0.116. The zero-order valence-electron chi connectivity index (χ0n) is 12.6. The first-order chi connectivity index (χ1) is 11.1. The van der Waals surface area contributed by atoms with Crippen molar-refractivity contribution >= 4 is 28.9 Å². The molecule has 0 unspecified atom stereocenters. The van der Waals surface area contributed by atoms with Crippen LogP contribution in [0, 0.1) is 0 Å². The number of anilines is 2. The van der Waals surface area contributed by atoms with Crippen LogP contribution in [-0.4, -0.2) is 25.2 Å². The molecule has 120 valence electrons. The van der Waals surface area contributed by atoms with Gasteiger partial charge in [0.1, 0.15) is 19.3 Å². The number of halogens is 1. The van der Waals surface area contributed by atoms with Crippen molar-refractivity contribution in [3.8, 4) is 11.5 Å². The van der Waals surface area contributed by atoms with Crippen LogP contribution in [0.4, 0.5) is 11.4 Å². The summed E-state index contributed by atoms with van der Waals surface area (Å²) in [7, 11) is 0. The molecule has 6 heteroatoms. The van der Waals surface area contributed by atoms with Crippen LogP contribution in [0.15, 0.2) is 42.5 Å². The normalized spacial score (nSPS) is 14.0. The van der Waals surface area contributed by atoms with Crippen molar-refractivity contribution in [1.29, 1.82) is 0 Å². The Balaban J connectivity index is 1.68. The van der Waals surface area contributed by atoms with Gasteiger partial charge < -0.3 is 20.1 Å². The average molecular weight is 333 g/mol. The molecule has 0 radical (unpaired) electrons. The minimum Gasteiger partial charge on any atom is -0.486 e. The predicted molar refractivity (Wildman–Crippen MR) is 90.6 cm³/mol. The molecule has 1 amide bonds. The smallest absolute Gasteiger partial charge is 0.246 e. The Hall–Kier alpha value is -2.40. The zero-order chi connectivity index (χ0) is 16.2. The lowest BCUT2D eigenvalue weighted by atomic mass is 10.2. The standard InChI is InChI=1S/C17H17ClN2O3/c1-11(17(21)20-13-7-5-12(18)6-8-13)19-14-3-2-4-15-16(14)23-10-9-22-15/h2-8,11,19H,9-10H2,1H3,(H,20,21)/t11-/m1/s1. The molecule has 2 aromatic carbocycles. The summed E-state index contributed by atoms with van der Waals surface area (Å²) in [6, 6.07) is 12.1. The third kappa shape index (κ3) is 3.68. The van der Waals surface area contributed by atoms with E-state index >= 15 is 0 Å². The molecule has 0 aromatic heterocycles. The van der Waals surface area contributed by atoms with Crippen LogP contribution >= 0.6 is 11.6 Å². The number of hydrogen-bond donors (Lipinski definition) is 2. The number of nitrogens with one attached hydrogen (secondary N) is 2. The van der Waals surface area contributed by atoms with Gasteiger partial charge in [-0.3, -0.25) is 4.79 Å². The molecule has 0 bridgehead atoms. The first-order valence-electron chi connectivity index (χ1n) is 7.35. The van der Waals surface area contributed by atoms with Gasteiger partial charge in [-0.2, -0.15) is 0 Å². The van der Waals surface area contributed by atoms with E-state index in [0.29, 0.717) is 35.4 Å². The molecular formula is C17H17ClN2O3. The van der Waals surface area contributed by atoms with Crippen molar-refractivity contribution in [2.75, 3.05) is 23.8 Å². The van der Waals surface area contributed by atoms with E-state index in [4.69, 9.17) is 21.1 Å². The number of hydrogen-bond acceptors (Lipinski definition) is 4. The molecule has 1 atom stereocenters. The van der Waals surface area contributed by atoms with Crippen LogP contribution in [0.2, 0.25) is 5.02 Å². The molecule has 0 spiro atoms. The summed E-state index contributed by atoms with van der Waals surface area (Å²) in [6.07, 6.45) is 0. The molecule has 1 aliphatic rings. The Morgan fingerprint density at radius 1 is 1.13 bits per heavy atom. The Labute approximate surface area is 139 Å². The second-order valence-corrected chi connectivity index (χ2v) is 5.63. The third-order valence-electron chi connectivity index (χ3n) is 3.44. The summed E-state index contributed by atoms with van der Waals surface area (Å²) >= 11 is 5.83. The van der Waals surface area contributed by atoms with Gasteiger partial charge in [0, 0.05) is 10.7 Å². The first kappa shape index (κ1) is 15.5. The predicted octanol–water partition coefficient (Wildman–Crippen LogP) is 3.55. The van der Waals surface area contributed by atoms with E-state index in [9.17, 15) is 4.79 Å². The number of fused-ring (bicyclic) bond motifs is 1. The highest BCUT2D eigenvalue weighted by Gasteiger charge is 2.19. The van der Waals surface area contributed by atoms with E-state index in [0.717, 1.165) is 5.69 Å². The lowest BCUT2D eigenvalue weighted by Gasteiger charge is -2.23. The molecule has 0 aliphatic carbocycles. The quantitative estimate of drug-likeness (QED) is 0.899. The molecule has 5 nitrogen and oxygen atoms in total. The number of carbonyl (C=O) groups is 1. The van der Waals surface area contributed by atoms with Crippen molar-refractivity contribution < 1.29 is 14.3 Å². The first-order valence-corrected chi connectivity index (χ1v) is 7.73. The number of amides is 1. The molecule has 2 N–H and O–H groups in total. The van der Waals surface area contributed by atoms with Gasteiger partial charge in [-0.25, -0.2) is 0 Å². The molecule has 0 saturated carbocycles. The van der Waals surface area contributed by atoms with Crippen molar-refractivity contribution in [1.82, 2.24) is 0 Å². The number of carbonyl (C=O) groups excluding carboxylic acids is 1. The molecule has 0 saturated heterocycles. The van der Waals surface area contributed by atoms with Crippen LogP contribution in [0.1, 0.15) is 6.92 Å². The molecule has 2 aromatic rings. The second-order valence-electron chi connectivity index (χ2n) is 5.19. The largest absolute Gasteiger partial charge is 0.486 e. The van der Waals surface area contributed by atoms with Gasteiger partial charge in [0.2, 0.25) is 5.91 Å². The molecule has 23 heavy (non-hydrogen) atoms. The number of rotatable bonds is 4. The highest BCUT2D eigenvalue weighted by molar-refractivity contribution is 6.30. The summed E-state index contributed by atoms with van der Waals surface area (Å²) in [4.78, 5) is 12.3. The maximum atomic E-state index is 12.3. The fourth-order valence-electron chi connectivity index (χ4n) is 2.27. The summed E-state index contributed by atoms with van der Waals surface area (Å²) in [5.74, 6) is 1.18. The summed E-state index contributed by atoms with van der Waals surface area (Å²) < 4.78 is 11.2. The van der Waals surface area contributed by atoms with Crippen molar-refractivity contribution in [3.63, 3.8) is 0 Å². The van der Waals surface area contributed by atoms with Crippen LogP contribution in [0.5, 0.6) is 11.5 Å². The van der Waals surface area contributed by atoms with Gasteiger partial charge in [0.05, 0.1) is 5.69 Å². The number of ether oxygens (including phenoxy) is 2. The van der Waals surface area contributed by atoms with Crippen LogP contribution in [-0.2, 0) is 4.79 Å². The Morgan fingerprint density at radius 2 is 1.87 bits per heavy atom. The van der Waals surface area contributed by atoms with Gasteiger partial charge >= 0.3 is 0 Å². The van der Waals surface area contributed by atoms with E-state index in [2.05, 4.69) is 10.6 Å². The molecular weight excluding hydrogens is 316 g/mol. The molecule has 0 fully saturated rings. The van der Waals surface area contributed by atoms with E-state index < -0.39 is 6.04 Å². The average Bonchev–Trinajstić information content (AvgIpc) is 2.57. The minimum atomic E-state index is -0.442. The SMILES string of the molecule is C[C@@H](Nc1cccc2c1OCCO2)C(=O)Nc1ccc(Cl)cc1. The Kier molecular flexibility index (Phi) is 4.57. The summed E-state index contributed by atoms with van der Waals surface area (Å²) in [6.45, 7) is 2.81.